The van der Waals surface area contributed by atoms with Crippen LogP contribution in [-0.4, -0.2) is 13.7 Å². The summed E-state index contributed by atoms with van der Waals surface area (Å²) in [4.78, 5) is 0. The lowest BCUT2D eigenvalue weighted by Gasteiger charge is -2.03. The minimum absolute atomic E-state index is 0.371. The summed E-state index contributed by atoms with van der Waals surface area (Å²) in [7, 11) is 1.61. The van der Waals surface area contributed by atoms with Crippen molar-refractivity contribution in [1.82, 2.24) is 0 Å². The second kappa shape index (κ2) is 7.21. The normalized spacial score (nSPS) is 9.43. The van der Waals surface area contributed by atoms with Crippen LogP contribution in [0.15, 0.2) is 55.1 Å². The molecule has 0 spiro atoms. The van der Waals surface area contributed by atoms with Crippen LogP contribution in [0.25, 0.3) is 5.76 Å². The standard InChI is InChI=1S/C19H18O2/c1-15-6-12-19(13-7-15)21-14-4-5-17-8-10-18(11-9-17)16(2)20-3/h6-13H,2,14H2,1,3H3. The van der Waals surface area contributed by atoms with Gasteiger partial charge in [-0.15, -0.1) is 0 Å². The Balaban J connectivity index is 1.90. The third kappa shape index (κ3) is 4.43. The summed E-state index contributed by atoms with van der Waals surface area (Å²) < 4.78 is 10.6. The third-order valence-electron chi connectivity index (χ3n) is 3.02. The van der Waals surface area contributed by atoms with Crippen molar-refractivity contribution in [2.45, 2.75) is 6.92 Å². The van der Waals surface area contributed by atoms with E-state index >= 15 is 0 Å². The van der Waals surface area contributed by atoms with E-state index in [-0.39, 0.29) is 0 Å². The highest BCUT2D eigenvalue weighted by molar-refractivity contribution is 5.58. The molecule has 21 heavy (non-hydrogen) atoms. The first kappa shape index (κ1) is 14.7. The third-order valence-corrected chi connectivity index (χ3v) is 3.02. The summed E-state index contributed by atoms with van der Waals surface area (Å²) >= 11 is 0. The molecule has 0 aromatic heterocycles. The fraction of sp³-hybridized carbons (Fsp3) is 0.158. The van der Waals surface area contributed by atoms with Crippen LogP contribution in [0.2, 0.25) is 0 Å². The SMILES string of the molecule is C=C(OC)c1ccc(C#CCOc2ccc(C)cc2)cc1. The lowest BCUT2D eigenvalue weighted by Crippen LogP contribution is -1.93. The molecule has 0 amide bonds. The van der Waals surface area contributed by atoms with Crippen LogP contribution in [0.4, 0.5) is 0 Å². The Hall–Kier alpha value is -2.66. The van der Waals surface area contributed by atoms with Crippen molar-refractivity contribution in [2.24, 2.45) is 0 Å². The second-order valence-corrected chi connectivity index (χ2v) is 4.61. The van der Waals surface area contributed by atoms with Gasteiger partial charge >= 0.3 is 0 Å². The highest BCUT2D eigenvalue weighted by atomic mass is 16.5. The van der Waals surface area contributed by atoms with Crippen LogP contribution in [-0.2, 0) is 4.74 Å². The molecule has 2 aromatic rings. The molecular formula is C19H18O2. The molecule has 0 radical (unpaired) electrons. The molecule has 0 aliphatic rings. The monoisotopic (exact) mass is 278 g/mol. The molecule has 0 bridgehead atoms. The zero-order chi connectivity index (χ0) is 15.1. The van der Waals surface area contributed by atoms with Crippen molar-refractivity contribution in [3.8, 4) is 17.6 Å². The minimum Gasteiger partial charge on any atom is -0.497 e. The summed E-state index contributed by atoms with van der Waals surface area (Å²) in [5, 5.41) is 0. The molecule has 0 saturated carbocycles. The van der Waals surface area contributed by atoms with Crippen LogP contribution in [0.3, 0.4) is 0 Å². The molecule has 106 valence electrons. The number of hydrogen-bond acceptors (Lipinski definition) is 2. The Kier molecular flexibility index (Phi) is 5.06. The van der Waals surface area contributed by atoms with Crippen LogP contribution >= 0.6 is 0 Å². The minimum atomic E-state index is 0.371. The molecule has 2 nitrogen and oxygen atoms in total. The Labute approximate surface area is 126 Å². The molecule has 0 N–H and O–H groups in total. The number of benzene rings is 2. The zero-order valence-corrected chi connectivity index (χ0v) is 12.3. The lowest BCUT2D eigenvalue weighted by molar-refractivity contribution is 0.370. The summed E-state index contributed by atoms with van der Waals surface area (Å²) in [5.41, 5.74) is 3.11. The molecule has 0 atom stereocenters. The topological polar surface area (TPSA) is 18.5 Å². The molecule has 0 aliphatic carbocycles. The number of hydrogen-bond donors (Lipinski definition) is 0. The number of aryl methyl sites for hydroxylation is 1. The summed E-state index contributed by atoms with van der Waals surface area (Å²) in [6.45, 7) is 6.23. The Morgan fingerprint density at radius 2 is 1.71 bits per heavy atom. The lowest BCUT2D eigenvalue weighted by atomic mass is 10.1. The van der Waals surface area contributed by atoms with E-state index in [0.29, 0.717) is 12.4 Å². The van der Waals surface area contributed by atoms with Gasteiger partial charge in [0.15, 0.2) is 0 Å². The van der Waals surface area contributed by atoms with Crippen LogP contribution in [0, 0.1) is 18.8 Å². The average Bonchev–Trinajstić information content (AvgIpc) is 2.53. The van der Waals surface area contributed by atoms with Gasteiger partial charge in [-0.1, -0.05) is 48.2 Å². The fourth-order valence-corrected chi connectivity index (χ4v) is 1.75. The van der Waals surface area contributed by atoms with Crippen LogP contribution < -0.4 is 4.74 Å². The average molecular weight is 278 g/mol. The van der Waals surface area contributed by atoms with E-state index in [9.17, 15) is 0 Å². The largest absolute Gasteiger partial charge is 0.497 e. The quantitative estimate of drug-likeness (QED) is 0.620. The molecular weight excluding hydrogens is 260 g/mol. The van der Waals surface area contributed by atoms with Gasteiger partial charge in [-0.2, -0.15) is 0 Å². The van der Waals surface area contributed by atoms with Crippen LogP contribution in [0.1, 0.15) is 16.7 Å². The van der Waals surface area contributed by atoms with Gasteiger partial charge in [-0.25, -0.2) is 0 Å². The maximum atomic E-state index is 5.55. The highest BCUT2D eigenvalue weighted by Crippen LogP contribution is 2.13. The molecule has 2 heteroatoms. The maximum absolute atomic E-state index is 5.55. The molecule has 2 aromatic carbocycles. The van der Waals surface area contributed by atoms with Gasteiger partial charge in [0, 0.05) is 11.1 Å². The number of rotatable bonds is 4. The van der Waals surface area contributed by atoms with Gasteiger partial charge in [0.05, 0.1) is 7.11 Å². The zero-order valence-electron chi connectivity index (χ0n) is 12.3. The Morgan fingerprint density at radius 1 is 1.05 bits per heavy atom. The molecule has 0 heterocycles. The highest BCUT2D eigenvalue weighted by Gasteiger charge is 1.96. The van der Waals surface area contributed by atoms with Gasteiger partial charge < -0.3 is 9.47 Å². The number of methoxy groups -OCH3 is 1. The smallest absolute Gasteiger partial charge is 0.149 e. The molecule has 2 rings (SSSR count). The fourth-order valence-electron chi connectivity index (χ4n) is 1.75. The first-order valence-electron chi connectivity index (χ1n) is 6.71. The van der Waals surface area contributed by atoms with Gasteiger partial charge in [0.1, 0.15) is 18.1 Å². The van der Waals surface area contributed by atoms with E-state index in [1.54, 1.807) is 7.11 Å². The maximum Gasteiger partial charge on any atom is 0.149 e. The van der Waals surface area contributed by atoms with Gasteiger partial charge in [-0.3, -0.25) is 0 Å². The summed E-state index contributed by atoms with van der Waals surface area (Å²) in [5.74, 6) is 7.55. The predicted molar refractivity (Wildman–Crippen MR) is 86.0 cm³/mol. The second-order valence-electron chi connectivity index (χ2n) is 4.61. The molecule has 0 fully saturated rings. The van der Waals surface area contributed by atoms with Crippen molar-refractivity contribution in [3.05, 3.63) is 71.8 Å². The molecule has 0 aliphatic heterocycles. The van der Waals surface area contributed by atoms with Crippen molar-refractivity contribution >= 4 is 5.76 Å². The van der Waals surface area contributed by atoms with E-state index in [2.05, 4.69) is 18.4 Å². The summed E-state index contributed by atoms with van der Waals surface area (Å²) in [6.07, 6.45) is 0. The Morgan fingerprint density at radius 3 is 2.33 bits per heavy atom. The predicted octanol–water partition coefficient (Wildman–Crippen LogP) is 4.04. The van der Waals surface area contributed by atoms with Crippen LogP contribution in [0.5, 0.6) is 5.75 Å². The summed E-state index contributed by atoms with van der Waals surface area (Å²) in [6, 6.07) is 15.7. The van der Waals surface area contributed by atoms with Gasteiger partial charge in [0.25, 0.3) is 0 Å². The van der Waals surface area contributed by atoms with Gasteiger partial charge in [-0.05, 0) is 31.2 Å². The van der Waals surface area contributed by atoms with Gasteiger partial charge in [0.2, 0.25) is 0 Å². The Bertz CT molecular complexity index is 655. The first-order valence-corrected chi connectivity index (χ1v) is 6.71. The van der Waals surface area contributed by atoms with Crippen molar-refractivity contribution in [1.29, 1.82) is 0 Å². The molecule has 0 saturated heterocycles. The first-order chi connectivity index (χ1) is 10.2. The van der Waals surface area contributed by atoms with E-state index in [1.807, 2.05) is 55.5 Å². The van der Waals surface area contributed by atoms with E-state index in [1.165, 1.54) is 5.56 Å². The van der Waals surface area contributed by atoms with Crippen molar-refractivity contribution in [2.75, 3.05) is 13.7 Å². The van der Waals surface area contributed by atoms with Crippen molar-refractivity contribution in [3.63, 3.8) is 0 Å². The number of ether oxygens (including phenoxy) is 2. The van der Waals surface area contributed by atoms with E-state index in [0.717, 1.165) is 16.9 Å². The van der Waals surface area contributed by atoms with E-state index in [4.69, 9.17) is 9.47 Å². The van der Waals surface area contributed by atoms with Crippen molar-refractivity contribution < 1.29 is 9.47 Å². The molecule has 0 unspecified atom stereocenters. The van der Waals surface area contributed by atoms with E-state index < -0.39 is 0 Å².